The lowest BCUT2D eigenvalue weighted by Gasteiger charge is -2.03. The molecule has 1 N–H and O–H groups in total. The first-order chi connectivity index (χ1) is 8.63. The maximum absolute atomic E-state index is 11.7. The molecule has 0 saturated heterocycles. The molecule has 100 valence electrons. The first kappa shape index (κ1) is 15.4. The first-order valence-electron chi connectivity index (χ1n) is 5.72. The van der Waals surface area contributed by atoms with Gasteiger partial charge in [-0.25, -0.2) is 0 Å². The minimum absolute atomic E-state index is 0.0258. The monoisotopic (exact) mass is 381 g/mol. The van der Waals surface area contributed by atoms with E-state index in [2.05, 4.69) is 32.6 Å². The zero-order chi connectivity index (χ0) is 13.4. The van der Waals surface area contributed by atoms with Gasteiger partial charge in [-0.05, 0) is 41.5 Å². The lowest BCUT2D eigenvalue weighted by molar-refractivity contribution is -0.140. The summed E-state index contributed by atoms with van der Waals surface area (Å²) >= 11 is 3.75. The highest BCUT2D eigenvalue weighted by Gasteiger charge is 2.06. The number of carbonyl (C=O) groups excluding carboxylic acids is 2. The highest BCUT2D eigenvalue weighted by molar-refractivity contribution is 14.1. The molecule has 1 aromatic heterocycles. The van der Waals surface area contributed by atoms with Gasteiger partial charge >= 0.3 is 5.97 Å². The number of methoxy groups -OCH3 is 1. The number of nitrogens with one attached hydrogen (secondary N) is 1. The van der Waals surface area contributed by atoms with Gasteiger partial charge < -0.3 is 10.1 Å². The average Bonchev–Trinajstić information content (AvgIpc) is 2.79. The number of ether oxygens (including phenoxy) is 1. The molecule has 1 aromatic rings. The van der Waals surface area contributed by atoms with E-state index < -0.39 is 0 Å². The van der Waals surface area contributed by atoms with E-state index in [1.54, 1.807) is 11.3 Å². The Hall–Kier alpha value is -0.630. The van der Waals surface area contributed by atoms with Crippen molar-refractivity contribution in [1.82, 2.24) is 5.32 Å². The van der Waals surface area contributed by atoms with Crippen molar-refractivity contribution in [2.75, 3.05) is 13.7 Å². The summed E-state index contributed by atoms with van der Waals surface area (Å²) in [6.45, 7) is 0.645. The zero-order valence-corrected chi connectivity index (χ0v) is 13.2. The first-order valence-corrected chi connectivity index (χ1v) is 7.68. The van der Waals surface area contributed by atoms with Gasteiger partial charge in [-0.15, -0.1) is 11.3 Å². The highest BCUT2D eigenvalue weighted by atomic mass is 127. The van der Waals surface area contributed by atoms with Crippen LogP contribution in [-0.4, -0.2) is 25.5 Å². The SMILES string of the molecule is COC(=O)CCCCCNC(=O)c1csc(I)c1. The van der Waals surface area contributed by atoms with Gasteiger partial charge in [0.05, 0.1) is 15.6 Å². The van der Waals surface area contributed by atoms with Crippen molar-refractivity contribution in [2.24, 2.45) is 0 Å². The number of amides is 1. The van der Waals surface area contributed by atoms with E-state index in [1.165, 1.54) is 7.11 Å². The van der Waals surface area contributed by atoms with Crippen LogP contribution in [0.1, 0.15) is 36.0 Å². The van der Waals surface area contributed by atoms with E-state index in [1.807, 2.05) is 11.4 Å². The number of esters is 1. The third-order valence-electron chi connectivity index (χ3n) is 2.40. The summed E-state index contributed by atoms with van der Waals surface area (Å²) in [4.78, 5) is 22.5. The summed E-state index contributed by atoms with van der Waals surface area (Å²) in [6.07, 6.45) is 3.05. The van der Waals surface area contributed by atoms with Gasteiger partial charge in [0.1, 0.15) is 0 Å². The Balaban J connectivity index is 2.08. The molecular formula is C12H16INO3S. The fourth-order valence-electron chi connectivity index (χ4n) is 1.41. The minimum Gasteiger partial charge on any atom is -0.469 e. The van der Waals surface area contributed by atoms with E-state index in [-0.39, 0.29) is 11.9 Å². The van der Waals surface area contributed by atoms with Gasteiger partial charge in [0, 0.05) is 18.3 Å². The van der Waals surface area contributed by atoms with Gasteiger partial charge in [0.25, 0.3) is 5.91 Å². The summed E-state index contributed by atoms with van der Waals surface area (Å²) in [6, 6.07) is 1.87. The molecule has 18 heavy (non-hydrogen) atoms. The molecule has 1 heterocycles. The fourth-order valence-corrected chi connectivity index (χ4v) is 2.73. The highest BCUT2D eigenvalue weighted by Crippen LogP contribution is 2.16. The smallest absolute Gasteiger partial charge is 0.305 e. The van der Waals surface area contributed by atoms with Crippen LogP contribution in [0.4, 0.5) is 0 Å². The maximum Gasteiger partial charge on any atom is 0.305 e. The van der Waals surface area contributed by atoms with Crippen LogP contribution in [0.3, 0.4) is 0 Å². The van der Waals surface area contributed by atoms with Crippen LogP contribution < -0.4 is 5.32 Å². The van der Waals surface area contributed by atoms with Gasteiger partial charge in [-0.3, -0.25) is 9.59 Å². The van der Waals surface area contributed by atoms with Crippen LogP contribution >= 0.6 is 33.9 Å². The quantitative estimate of drug-likeness (QED) is 0.449. The Morgan fingerprint density at radius 2 is 2.17 bits per heavy atom. The van der Waals surface area contributed by atoms with Crippen molar-refractivity contribution in [3.8, 4) is 0 Å². The normalized spacial score (nSPS) is 10.1. The third kappa shape index (κ3) is 5.81. The van der Waals surface area contributed by atoms with Crippen molar-refractivity contribution in [2.45, 2.75) is 25.7 Å². The number of thiophene rings is 1. The van der Waals surface area contributed by atoms with E-state index in [9.17, 15) is 9.59 Å². The summed E-state index contributed by atoms with van der Waals surface area (Å²) in [5.74, 6) is -0.200. The predicted molar refractivity (Wildman–Crippen MR) is 79.9 cm³/mol. The summed E-state index contributed by atoms with van der Waals surface area (Å²) in [5.41, 5.74) is 0.721. The number of carbonyl (C=O) groups is 2. The largest absolute Gasteiger partial charge is 0.469 e. The van der Waals surface area contributed by atoms with Crippen LogP contribution in [0.2, 0.25) is 0 Å². The molecule has 0 aliphatic rings. The molecule has 0 fully saturated rings. The van der Waals surface area contributed by atoms with Gasteiger partial charge in [0.2, 0.25) is 0 Å². The molecule has 0 unspecified atom stereocenters. The zero-order valence-electron chi connectivity index (χ0n) is 10.2. The number of halogens is 1. The molecule has 1 rings (SSSR count). The predicted octanol–water partition coefficient (Wildman–Crippen LogP) is 2.82. The molecule has 0 bridgehead atoms. The number of hydrogen-bond donors (Lipinski definition) is 1. The summed E-state index contributed by atoms with van der Waals surface area (Å²) in [5, 5.41) is 4.72. The van der Waals surface area contributed by atoms with Crippen LogP contribution in [-0.2, 0) is 9.53 Å². The lowest BCUT2D eigenvalue weighted by Crippen LogP contribution is -2.23. The molecule has 0 radical (unpaired) electrons. The van der Waals surface area contributed by atoms with Crippen molar-refractivity contribution >= 4 is 45.8 Å². The lowest BCUT2D eigenvalue weighted by atomic mass is 10.2. The molecule has 0 saturated carbocycles. The third-order valence-corrected chi connectivity index (χ3v) is 4.19. The van der Waals surface area contributed by atoms with E-state index in [4.69, 9.17) is 0 Å². The standard InChI is InChI=1S/C12H16INO3S/c1-17-11(15)5-3-2-4-6-14-12(16)9-7-10(13)18-8-9/h7-8H,2-6H2,1H3,(H,14,16). The minimum atomic E-state index is -0.174. The van der Waals surface area contributed by atoms with Crippen LogP contribution in [0.5, 0.6) is 0 Å². The molecule has 0 spiro atoms. The van der Waals surface area contributed by atoms with E-state index >= 15 is 0 Å². The Bertz CT molecular complexity index is 406. The topological polar surface area (TPSA) is 55.4 Å². The molecule has 4 nitrogen and oxygen atoms in total. The van der Waals surface area contributed by atoms with Gasteiger partial charge in [-0.2, -0.15) is 0 Å². The second kappa shape index (κ2) is 8.47. The summed E-state index contributed by atoms with van der Waals surface area (Å²) < 4.78 is 5.65. The fraction of sp³-hybridized carbons (Fsp3) is 0.500. The Labute approximate surface area is 124 Å². The van der Waals surface area contributed by atoms with Gasteiger partial charge in [0.15, 0.2) is 0 Å². The molecule has 0 atom stereocenters. The number of hydrogen-bond acceptors (Lipinski definition) is 4. The van der Waals surface area contributed by atoms with Crippen molar-refractivity contribution in [3.05, 3.63) is 19.9 Å². The molecule has 0 aliphatic carbocycles. The Morgan fingerprint density at radius 1 is 1.39 bits per heavy atom. The van der Waals surface area contributed by atoms with Crippen LogP contribution in [0.15, 0.2) is 11.4 Å². The maximum atomic E-state index is 11.7. The molecule has 6 heteroatoms. The van der Waals surface area contributed by atoms with Gasteiger partial charge in [-0.1, -0.05) is 6.42 Å². The second-order valence-electron chi connectivity index (χ2n) is 3.78. The van der Waals surface area contributed by atoms with Crippen molar-refractivity contribution in [3.63, 3.8) is 0 Å². The van der Waals surface area contributed by atoms with Crippen LogP contribution in [0.25, 0.3) is 0 Å². The van der Waals surface area contributed by atoms with Crippen molar-refractivity contribution < 1.29 is 14.3 Å². The van der Waals surface area contributed by atoms with E-state index in [0.29, 0.717) is 13.0 Å². The number of unbranched alkanes of at least 4 members (excludes halogenated alkanes) is 2. The summed E-state index contributed by atoms with van der Waals surface area (Å²) in [7, 11) is 1.39. The Kier molecular flexibility index (Phi) is 7.26. The second-order valence-corrected chi connectivity index (χ2v) is 6.59. The van der Waals surface area contributed by atoms with Crippen molar-refractivity contribution in [1.29, 1.82) is 0 Å². The Morgan fingerprint density at radius 3 is 2.78 bits per heavy atom. The average molecular weight is 381 g/mol. The van der Waals surface area contributed by atoms with Crippen LogP contribution in [0, 0.1) is 2.88 Å². The number of rotatable bonds is 7. The molecular weight excluding hydrogens is 365 g/mol. The molecule has 0 aliphatic heterocycles. The van der Waals surface area contributed by atoms with E-state index in [0.717, 1.165) is 27.7 Å². The molecule has 1 amide bonds. The molecule has 0 aromatic carbocycles.